The molecule has 2 atom stereocenters. The van der Waals surface area contributed by atoms with E-state index in [0.717, 1.165) is 25.7 Å². The summed E-state index contributed by atoms with van der Waals surface area (Å²) in [6.07, 6.45) is -1.35. The van der Waals surface area contributed by atoms with Gasteiger partial charge in [-0.3, -0.25) is 4.79 Å². The van der Waals surface area contributed by atoms with Crippen molar-refractivity contribution in [3.63, 3.8) is 0 Å². The number of hydrogen-bond acceptors (Lipinski definition) is 3. The maximum Gasteiger partial charge on any atom is 0.393 e. The minimum atomic E-state index is -4.35. The fourth-order valence-electron chi connectivity index (χ4n) is 2.12. The molecule has 2 fully saturated rings. The highest BCUT2D eigenvalue weighted by molar-refractivity contribution is 7.83. The van der Waals surface area contributed by atoms with E-state index in [0.29, 0.717) is 0 Å². The second-order valence-electron chi connectivity index (χ2n) is 4.53. The summed E-state index contributed by atoms with van der Waals surface area (Å²) in [7, 11) is 0. The molecule has 0 aromatic carbocycles. The molecule has 6 heteroatoms. The van der Waals surface area contributed by atoms with Crippen LogP contribution in [-0.4, -0.2) is 23.0 Å². The van der Waals surface area contributed by atoms with Crippen molar-refractivity contribution in [3.05, 3.63) is 0 Å². The smallest absolute Gasteiger partial charge is 0.393 e. The van der Waals surface area contributed by atoms with Crippen molar-refractivity contribution in [2.24, 2.45) is 5.92 Å². The molecule has 92 valence electrons. The SMILES string of the molecule is O=C(OC1CCCC1)C1(S)CC1C(F)(F)F. The number of thiol groups is 1. The predicted molar refractivity (Wildman–Crippen MR) is 54.2 cm³/mol. The van der Waals surface area contributed by atoms with Gasteiger partial charge in [0.05, 0.1) is 5.92 Å². The number of rotatable bonds is 2. The van der Waals surface area contributed by atoms with Crippen LogP contribution in [0.25, 0.3) is 0 Å². The van der Waals surface area contributed by atoms with Crippen molar-refractivity contribution in [1.82, 2.24) is 0 Å². The third-order valence-corrected chi connectivity index (χ3v) is 3.93. The zero-order valence-electron chi connectivity index (χ0n) is 8.59. The molecule has 0 heterocycles. The molecule has 2 saturated carbocycles. The zero-order chi connectivity index (χ0) is 12.0. The lowest BCUT2D eigenvalue weighted by Gasteiger charge is -2.16. The predicted octanol–water partition coefficient (Wildman–Crippen LogP) is 2.72. The Kier molecular flexibility index (Phi) is 2.88. The van der Waals surface area contributed by atoms with Crippen LogP contribution < -0.4 is 0 Å². The quantitative estimate of drug-likeness (QED) is 0.605. The lowest BCUT2D eigenvalue weighted by molar-refractivity contribution is -0.163. The molecule has 2 unspecified atom stereocenters. The van der Waals surface area contributed by atoms with Gasteiger partial charge in [0.1, 0.15) is 10.9 Å². The molecule has 2 aliphatic carbocycles. The number of ether oxygens (including phenoxy) is 1. The molecule has 0 spiro atoms. The average molecular weight is 254 g/mol. The highest BCUT2D eigenvalue weighted by Crippen LogP contribution is 2.58. The van der Waals surface area contributed by atoms with E-state index in [9.17, 15) is 18.0 Å². The van der Waals surface area contributed by atoms with Crippen LogP contribution in [0.15, 0.2) is 0 Å². The van der Waals surface area contributed by atoms with Crippen LogP contribution in [0.2, 0.25) is 0 Å². The molecule has 0 radical (unpaired) electrons. The van der Waals surface area contributed by atoms with Crippen LogP contribution >= 0.6 is 12.6 Å². The van der Waals surface area contributed by atoms with Gasteiger partial charge in [-0.25, -0.2) is 0 Å². The Labute approximate surface area is 96.9 Å². The van der Waals surface area contributed by atoms with Gasteiger partial charge in [0.15, 0.2) is 0 Å². The molecule has 0 aliphatic heterocycles. The Bertz CT molecular complexity index is 299. The van der Waals surface area contributed by atoms with Crippen LogP contribution in [-0.2, 0) is 9.53 Å². The lowest BCUT2D eigenvalue weighted by atomic mass is 10.3. The fraction of sp³-hybridized carbons (Fsp3) is 0.900. The van der Waals surface area contributed by atoms with Crippen molar-refractivity contribution in [2.75, 3.05) is 0 Å². The summed E-state index contributed by atoms with van der Waals surface area (Å²) in [6, 6.07) is 0. The van der Waals surface area contributed by atoms with Crippen LogP contribution in [0.4, 0.5) is 13.2 Å². The van der Waals surface area contributed by atoms with Crippen molar-refractivity contribution < 1.29 is 22.7 Å². The highest BCUT2D eigenvalue weighted by atomic mass is 32.1. The highest BCUT2D eigenvalue weighted by Gasteiger charge is 2.70. The summed E-state index contributed by atoms with van der Waals surface area (Å²) < 4.78 is 40.5. The molecule has 16 heavy (non-hydrogen) atoms. The van der Waals surface area contributed by atoms with Crippen LogP contribution in [0.1, 0.15) is 32.1 Å². The van der Waals surface area contributed by atoms with Crippen molar-refractivity contribution in [1.29, 1.82) is 0 Å². The molecule has 2 nitrogen and oxygen atoms in total. The first-order valence-electron chi connectivity index (χ1n) is 5.34. The molecule has 0 N–H and O–H groups in total. The Morgan fingerprint density at radius 1 is 1.31 bits per heavy atom. The van der Waals surface area contributed by atoms with Crippen molar-refractivity contribution in [2.45, 2.75) is 49.1 Å². The van der Waals surface area contributed by atoms with Gasteiger partial charge in [-0.15, -0.1) is 0 Å². The number of halogens is 3. The maximum atomic E-state index is 12.4. The van der Waals surface area contributed by atoms with E-state index in [-0.39, 0.29) is 12.5 Å². The van der Waals surface area contributed by atoms with Crippen molar-refractivity contribution >= 4 is 18.6 Å². The topological polar surface area (TPSA) is 26.3 Å². The standard InChI is InChI=1S/C10H13F3O2S/c11-10(12,13)7-5-9(7,16)8(14)15-6-3-1-2-4-6/h6-7,16H,1-5H2. The molecule has 2 rings (SSSR count). The molecule has 0 saturated heterocycles. The summed E-state index contributed by atoms with van der Waals surface area (Å²) in [5.74, 6) is -2.44. The third kappa shape index (κ3) is 2.17. The lowest BCUT2D eigenvalue weighted by Crippen LogP contribution is -2.30. The first-order valence-corrected chi connectivity index (χ1v) is 5.79. The van der Waals surface area contributed by atoms with Gasteiger partial charge in [-0.05, 0) is 32.1 Å². The Hall–Kier alpha value is -0.390. The Morgan fingerprint density at radius 3 is 2.31 bits per heavy atom. The van der Waals surface area contributed by atoms with Gasteiger partial charge in [-0.1, -0.05) is 0 Å². The van der Waals surface area contributed by atoms with Crippen LogP contribution in [0, 0.1) is 5.92 Å². The van der Waals surface area contributed by atoms with Gasteiger partial charge in [-0.2, -0.15) is 25.8 Å². The molecule has 0 amide bonds. The minimum absolute atomic E-state index is 0.203. The van der Waals surface area contributed by atoms with Crippen LogP contribution in [0.5, 0.6) is 0 Å². The molecule has 0 aromatic rings. The first-order chi connectivity index (χ1) is 7.34. The van der Waals surface area contributed by atoms with E-state index in [1.165, 1.54) is 0 Å². The Balaban J connectivity index is 1.91. The Morgan fingerprint density at radius 2 is 1.88 bits per heavy atom. The minimum Gasteiger partial charge on any atom is -0.461 e. The monoisotopic (exact) mass is 254 g/mol. The van der Waals surface area contributed by atoms with Gasteiger partial charge in [0, 0.05) is 0 Å². The molecular weight excluding hydrogens is 241 g/mol. The maximum absolute atomic E-state index is 12.4. The van der Waals surface area contributed by atoms with Crippen LogP contribution in [0.3, 0.4) is 0 Å². The number of alkyl halides is 3. The number of hydrogen-bond donors (Lipinski definition) is 1. The summed E-state index contributed by atoms with van der Waals surface area (Å²) >= 11 is 3.83. The summed E-state index contributed by atoms with van der Waals surface area (Å²) in [4.78, 5) is 11.5. The van der Waals surface area contributed by atoms with Crippen molar-refractivity contribution in [3.8, 4) is 0 Å². The number of carbonyl (C=O) groups is 1. The molecular formula is C10H13F3O2S. The van der Waals surface area contributed by atoms with E-state index in [1.807, 2.05) is 0 Å². The normalized spacial score (nSPS) is 35.1. The van der Waals surface area contributed by atoms with E-state index < -0.39 is 22.8 Å². The average Bonchev–Trinajstić information content (AvgIpc) is 2.66. The van der Waals surface area contributed by atoms with E-state index in [4.69, 9.17) is 4.74 Å². The second kappa shape index (κ2) is 3.82. The molecule has 2 aliphatic rings. The summed E-state index contributed by atoms with van der Waals surface area (Å²) in [6.45, 7) is 0. The van der Waals surface area contributed by atoms with Gasteiger partial charge >= 0.3 is 12.1 Å². The van der Waals surface area contributed by atoms with Gasteiger partial charge in [0.2, 0.25) is 0 Å². The molecule has 0 aromatic heterocycles. The van der Waals surface area contributed by atoms with E-state index in [2.05, 4.69) is 12.6 Å². The van der Waals surface area contributed by atoms with E-state index >= 15 is 0 Å². The fourth-order valence-corrected chi connectivity index (χ4v) is 2.51. The van der Waals surface area contributed by atoms with E-state index in [1.54, 1.807) is 0 Å². The zero-order valence-corrected chi connectivity index (χ0v) is 9.48. The first kappa shape index (κ1) is 12.1. The summed E-state index contributed by atoms with van der Waals surface area (Å²) in [5.41, 5.74) is 0. The molecule has 0 bridgehead atoms. The second-order valence-corrected chi connectivity index (χ2v) is 5.33. The summed E-state index contributed by atoms with van der Waals surface area (Å²) in [5, 5.41) is 0. The van der Waals surface area contributed by atoms with Gasteiger partial charge < -0.3 is 4.74 Å². The number of esters is 1. The third-order valence-electron chi connectivity index (χ3n) is 3.26. The van der Waals surface area contributed by atoms with Gasteiger partial charge in [0.25, 0.3) is 0 Å². The largest absolute Gasteiger partial charge is 0.461 e. The number of carbonyl (C=O) groups excluding carboxylic acids is 1.